The van der Waals surface area contributed by atoms with Gasteiger partial charge < -0.3 is 10.4 Å². The van der Waals surface area contributed by atoms with Crippen molar-refractivity contribution in [2.24, 2.45) is 0 Å². The second-order valence-corrected chi connectivity index (χ2v) is 5.87. The summed E-state index contributed by atoms with van der Waals surface area (Å²) in [5, 5.41) is 18.7. The second kappa shape index (κ2) is 5.72. The molecule has 1 heterocycles. The molecule has 0 amide bonds. The van der Waals surface area contributed by atoms with Crippen LogP contribution < -0.4 is 5.32 Å². The van der Waals surface area contributed by atoms with E-state index in [4.69, 9.17) is 0 Å². The van der Waals surface area contributed by atoms with Crippen LogP contribution in [0.3, 0.4) is 0 Å². The van der Waals surface area contributed by atoms with Crippen molar-refractivity contribution in [3.05, 3.63) is 16.4 Å². The standard InChI is InChI=1S/C13H22BrN3O/c1-3-15-10-5-7-13(18,8-6-10)12-11(14)9-16-17(12)4-2/h9-10,15,18H,3-8H2,1-2H3. The number of rotatable bonds is 4. The molecular weight excluding hydrogens is 294 g/mol. The SMILES string of the molecule is CCNC1CCC(O)(c2c(Br)cnn2CC)CC1. The van der Waals surface area contributed by atoms with Crippen molar-refractivity contribution in [2.75, 3.05) is 6.54 Å². The van der Waals surface area contributed by atoms with Gasteiger partial charge in [0, 0.05) is 12.6 Å². The monoisotopic (exact) mass is 315 g/mol. The highest BCUT2D eigenvalue weighted by molar-refractivity contribution is 9.10. The van der Waals surface area contributed by atoms with E-state index in [-0.39, 0.29) is 0 Å². The molecule has 0 aliphatic heterocycles. The average Bonchev–Trinajstić information content (AvgIpc) is 2.75. The van der Waals surface area contributed by atoms with E-state index in [1.807, 2.05) is 4.68 Å². The van der Waals surface area contributed by atoms with E-state index in [0.29, 0.717) is 6.04 Å². The van der Waals surface area contributed by atoms with Crippen molar-refractivity contribution >= 4 is 15.9 Å². The third-order valence-electron chi connectivity index (χ3n) is 3.84. The van der Waals surface area contributed by atoms with Gasteiger partial charge >= 0.3 is 0 Å². The molecule has 1 aliphatic carbocycles. The lowest BCUT2D eigenvalue weighted by atomic mass is 9.80. The molecule has 2 N–H and O–H groups in total. The molecule has 0 saturated heterocycles. The summed E-state index contributed by atoms with van der Waals surface area (Å²) in [6, 6.07) is 0.548. The number of aliphatic hydroxyl groups is 1. The van der Waals surface area contributed by atoms with Crippen molar-refractivity contribution in [1.29, 1.82) is 0 Å². The van der Waals surface area contributed by atoms with Gasteiger partial charge in [0.2, 0.25) is 0 Å². The second-order valence-electron chi connectivity index (χ2n) is 5.02. The highest BCUT2D eigenvalue weighted by Crippen LogP contribution is 2.40. The van der Waals surface area contributed by atoms with Gasteiger partial charge in [0.05, 0.1) is 16.4 Å². The minimum atomic E-state index is -0.725. The summed E-state index contributed by atoms with van der Waals surface area (Å²) in [7, 11) is 0. The maximum atomic E-state index is 10.9. The van der Waals surface area contributed by atoms with Gasteiger partial charge in [-0.2, -0.15) is 5.10 Å². The van der Waals surface area contributed by atoms with E-state index in [1.54, 1.807) is 6.20 Å². The fourth-order valence-electron chi connectivity index (χ4n) is 2.89. The Morgan fingerprint density at radius 1 is 1.50 bits per heavy atom. The molecular formula is C13H22BrN3O. The topological polar surface area (TPSA) is 50.1 Å². The molecule has 18 heavy (non-hydrogen) atoms. The van der Waals surface area contributed by atoms with Crippen molar-refractivity contribution in [3.63, 3.8) is 0 Å². The lowest BCUT2D eigenvalue weighted by Gasteiger charge is -2.36. The van der Waals surface area contributed by atoms with Gasteiger partial charge in [0.1, 0.15) is 5.60 Å². The fourth-order valence-corrected chi connectivity index (χ4v) is 3.56. The average molecular weight is 316 g/mol. The van der Waals surface area contributed by atoms with Crippen molar-refractivity contribution < 1.29 is 5.11 Å². The van der Waals surface area contributed by atoms with Crippen LogP contribution in [0.4, 0.5) is 0 Å². The summed E-state index contributed by atoms with van der Waals surface area (Å²) in [6.45, 7) is 5.97. The summed E-state index contributed by atoms with van der Waals surface area (Å²) in [5.41, 5.74) is 0.219. The molecule has 1 aliphatic rings. The molecule has 0 aromatic carbocycles. The predicted octanol–water partition coefficient (Wildman–Crippen LogP) is 2.41. The molecule has 1 aromatic rings. The third kappa shape index (κ3) is 2.63. The zero-order valence-electron chi connectivity index (χ0n) is 11.1. The molecule has 2 rings (SSSR count). The summed E-state index contributed by atoms with van der Waals surface area (Å²) in [4.78, 5) is 0. The van der Waals surface area contributed by atoms with Gasteiger partial charge in [-0.25, -0.2) is 0 Å². The van der Waals surface area contributed by atoms with Gasteiger partial charge in [-0.1, -0.05) is 6.92 Å². The molecule has 4 nitrogen and oxygen atoms in total. The first kappa shape index (κ1) is 14.0. The summed E-state index contributed by atoms with van der Waals surface area (Å²) < 4.78 is 2.83. The van der Waals surface area contributed by atoms with E-state index < -0.39 is 5.60 Å². The van der Waals surface area contributed by atoms with Crippen LogP contribution in [-0.4, -0.2) is 27.5 Å². The van der Waals surface area contributed by atoms with E-state index >= 15 is 0 Å². The molecule has 1 fully saturated rings. The molecule has 0 spiro atoms. The highest BCUT2D eigenvalue weighted by atomic mass is 79.9. The smallest absolute Gasteiger partial charge is 0.107 e. The maximum absolute atomic E-state index is 10.9. The molecule has 5 heteroatoms. The minimum Gasteiger partial charge on any atom is -0.384 e. The van der Waals surface area contributed by atoms with Gasteiger partial charge in [0.15, 0.2) is 0 Å². The van der Waals surface area contributed by atoms with Crippen molar-refractivity contribution in [3.8, 4) is 0 Å². The maximum Gasteiger partial charge on any atom is 0.107 e. The van der Waals surface area contributed by atoms with E-state index in [9.17, 15) is 5.11 Å². The molecule has 1 aromatic heterocycles. The lowest BCUT2D eigenvalue weighted by Crippen LogP contribution is -2.41. The Morgan fingerprint density at radius 2 is 2.17 bits per heavy atom. The van der Waals surface area contributed by atoms with Crippen LogP contribution >= 0.6 is 15.9 Å². The summed E-state index contributed by atoms with van der Waals surface area (Å²) >= 11 is 3.52. The quantitative estimate of drug-likeness (QED) is 0.897. The van der Waals surface area contributed by atoms with Gasteiger partial charge in [-0.3, -0.25) is 4.68 Å². The Bertz CT molecular complexity index is 397. The number of nitrogens with zero attached hydrogens (tertiary/aromatic N) is 2. The normalized spacial score (nSPS) is 28.6. The Labute approximate surface area is 117 Å². The number of aromatic nitrogens is 2. The Balaban J connectivity index is 2.15. The largest absolute Gasteiger partial charge is 0.384 e. The van der Waals surface area contributed by atoms with E-state index in [2.05, 4.69) is 40.2 Å². The van der Waals surface area contributed by atoms with Crippen LogP contribution in [0.1, 0.15) is 45.2 Å². The molecule has 1 saturated carbocycles. The Hall–Kier alpha value is -0.390. The summed E-state index contributed by atoms with van der Waals surface area (Å²) in [5.74, 6) is 0. The van der Waals surface area contributed by atoms with Crippen LogP contribution in [0, 0.1) is 0 Å². The van der Waals surface area contributed by atoms with Crippen LogP contribution in [-0.2, 0) is 12.1 Å². The van der Waals surface area contributed by atoms with E-state index in [1.165, 1.54) is 0 Å². The zero-order valence-corrected chi connectivity index (χ0v) is 12.7. The van der Waals surface area contributed by atoms with Crippen LogP contribution in [0.15, 0.2) is 10.7 Å². The number of nitrogens with one attached hydrogen (secondary N) is 1. The Kier molecular flexibility index (Phi) is 4.45. The first-order chi connectivity index (χ1) is 8.60. The number of halogens is 1. The van der Waals surface area contributed by atoms with Crippen LogP contribution in [0.5, 0.6) is 0 Å². The van der Waals surface area contributed by atoms with Crippen LogP contribution in [0.2, 0.25) is 0 Å². The molecule has 0 bridgehead atoms. The van der Waals surface area contributed by atoms with Gasteiger partial charge in [-0.05, 0) is 55.1 Å². The highest BCUT2D eigenvalue weighted by Gasteiger charge is 2.38. The number of hydrogen-bond donors (Lipinski definition) is 2. The fraction of sp³-hybridized carbons (Fsp3) is 0.769. The van der Waals surface area contributed by atoms with Gasteiger partial charge in [-0.15, -0.1) is 0 Å². The van der Waals surface area contributed by atoms with Crippen molar-refractivity contribution in [2.45, 2.75) is 57.7 Å². The predicted molar refractivity (Wildman–Crippen MR) is 75.4 cm³/mol. The first-order valence-electron chi connectivity index (χ1n) is 6.78. The third-order valence-corrected chi connectivity index (χ3v) is 4.42. The zero-order chi connectivity index (χ0) is 13.2. The van der Waals surface area contributed by atoms with Crippen LogP contribution in [0.25, 0.3) is 0 Å². The van der Waals surface area contributed by atoms with E-state index in [0.717, 1.165) is 48.9 Å². The molecule has 0 unspecified atom stereocenters. The number of aryl methyl sites for hydroxylation is 1. The molecule has 0 radical (unpaired) electrons. The Morgan fingerprint density at radius 3 is 2.72 bits per heavy atom. The molecule has 0 atom stereocenters. The molecule has 102 valence electrons. The lowest BCUT2D eigenvalue weighted by molar-refractivity contribution is -0.0164. The van der Waals surface area contributed by atoms with Gasteiger partial charge in [0.25, 0.3) is 0 Å². The van der Waals surface area contributed by atoms with Crippen molar-refractivity contribution in [1.82, 2.24) is 15.1 Å². The minimum absolute atomic E-state index is 0.548. The summed E-state index contributed by atoms with van der Waals surface area (Å²) in [6.07, 6.45) is 5.43. The first-order valence-corrected chi connectivity index (χ1v) is 7.57. The number of hydrogen-bond acceptors (Lipinski definition) is 3.